The largest absolute Gasteiger partial charge is 0.462 e. The molecule has 6 heteroatoms. The molecule has 1 saturated carbocycles. The Kier molecular flexibility index (Phi) is 4.91. The standard InChI is InChI=1S/C18H19N3O2S/c1-18(12-19)7-5-14(6-8-18)23-16(22)10-13-11-24-17(21-13)15-4-2-3-9-20-15/h2-4,9,11,14H,5-8,10H2,1H3. The summed E-state index contributed by atoms with van der Waals surface area (Å²) >= 11 is 1.48. The summed E-state index contributed by atoms with van der Waals surface area (Å²) < 4.78 is 5.55. The van der Waals surface area contributed by atoms with Crippen LogP contribution in [-0.4, -0.2) is 22.0 Å². The molecule has 0 unspecified atom stereocenters. The van der Waals surface area contributed by atoms with Crippen molar-refractivity contribution in [1.29, 1.82) is 5.26 Å². The van der Waals surface area contributed by atoms with Gasteiger partial charge in [-0.1, -0.05) is 6.07 Å². The zero-order valence-electron chi connectivity index (χ0n) is 13.6. The number of hydrogen-bond donors (Lipinski definition) is 0. The van der Waals surface area contributed by atoms with Gasteiger partial charge in [0.05, 0.1) is 29.3 Å². The molecule has 0 aliphatic heterocycles. The summed E-state index contributed by atoms with van der Waals surface area (Å²) in [6.45, 7) is 1.97. The number of thiazole rings is 1. The van der Waals surface area contributed by atoms with E-state index < -0.39 is 0 Å². The van der Waals surface area contributed by atoms with Crippen molar-refractivity contribution in [3.05, 3.63) is 35.5 Å². The third-order valence-corrected chi connectivity index (χ3v) is 5.28. The highest BCUT2D eigenvalue weighted by Crippen LogP contribution is 2.36. The number of carbonyl (C=O) groups excluding carboxylic acids is 1. The van der Waals surface area contributed by atoms with Crippen molar-refractivity contribution in [2.75, 3.05) is 0 Å². The van der Waals surface area contributed by atoms with Gasteiger partial charge >= 0.3 is 5.97 Å². The maximum Gasteiger partial charge on any atom is 0.312 e. The van der Waals surface area contributed by atoms with E-state index in [2.05, 4.69) is 16.0 Å². The Labute approximate surface area is 145 Å². The van der Waals surface area contributed by atoms with E-state index in [1.54, 1.807) is 6.20 Å². The van der Waals surface area contributed by atoms with Gasteiger partial charge in [0.25, 0.3) is 0 Å². The van der Waals surface area contributed by atoms with Gasteiger partial charge < -0.3 is 4.74 Å². The second-order valence-electron chi connectivity index (χ2n) is 6.40. The smallest absolute Gasteiger partial charge is 0.312 e. The summed E-state index contributed by atoms with van der Waals surface area (Å²) in [6, 6.07) is 8.03. The molecule has 1 aliphatic rings. The minimum atomic E-state index is -0.268. The number of carbonyl (C=O) groups is 1. The Bertz CT molecular complexity index is 743. The topological polar surface area (TPSA) is 75.9 Å². The number of nitriles is 1. The van der Waals surface area contributed by atoms with Gasteiger partial charge in [0.15, 0.2) is 0 Å². The predicted molar refractivity (Wildman–Crippen MR) is 91.1 cm³/mol. The molecule has 0 atom stereocenters. The summed E-state index contributed by atoms with van der Waals surface area (Å²) in [5.74, 6) is -0.251. The minimum Gasteiger partial charge on any atom is -0.462 e. The van der Waals surface area contributed by atoms with Crippen LogP contribution in [-0.2, 0) is 16.0 Å². The number of nitrogens with zero attached hydrogens (tertiary/aromatic N) is 3. The highest BCUT2D eigenvalue weighted by atomic mass is 32.1. The quantitative estimate of drug-likeness (QED) is 0.791. The van der Waals surface area contributed by atoms with E-state index in [0.717, 1.165) is 36.4 Å². The molecule has 124 valence electrons. The van der Waals surface area contributed by atoms with Crippen LogP contribution in [0.3, 0.4) is 0 Å². The normalized spacial score (nSPS) is 23.4. The first kappa shape index (κ1) is 16.6. The first-order chi connectivity index (χ1) is 11.6. The third-order valence-electron chi connectivity index (χ3n) is 4.37. The molecule has 0 N–H and O–H groups in total. The molecule has 2 aromatic heterocycles. The van der Waals surface area contributed by atoms with E-state index >= 15 is 0 Å². The molecule has 0 radical (unpaired) electrons. The summed E-state index contributed by atoms with van der Waals surface area (Å²) in [6.07, 6.45) is 4.90. The first-order valence-corrected chi connectivity index (χ1v) is 8.92. The zero-order valence-corrected chi connectivity index (χ0v) is 14.4. The molecule has 1 fully saturated rings. The summed E-state index contributed by atoms with van der Waals surface area (Å²) in [5.41, 5.74) is 1.25. The molecule has 5 nitrogen and oxygen atoms in total. The van der Waals surface area contributed by atoms with Crippen LogP contribution >= 0.6 is 11.3 Å². The van der Waals surface area contributed by atoms with Crippen LogP contribution in [0, 0.1) is 16.7 Å². The average molecular weight is 341 g/mol. The molecule has 1 aliphatic carbocycles. The van der Waals surface area contributed by atoms with Gasteiger partial charge in [0.2, 0.25) is 0 Å². The van der Waals surface area contributed by atoms with E-state index in [1.807, 2.05) is 30.5 Å². The second-order valence-corrected chi connectivity index (χ2v) is 7.26. The molecule has 0 bridgehead atoms. The van der Waals surface area contributed by atoms with Crippen molar-refractivity contribution in [2.45, 2.75) is 45.1 Å². The number of rotatable bonds is 4. The first-order valence-electron chi connectivity index (χ1n) is 8.04. The monoisotopic (exact) mass is 341 g/mol. The Morgan fingerprint density at radius 1 is 1.46 bits per heavy atom. The Morgan fingerprint density at radius 3 is 2.92 bits per heavy atom. The fourth-order valence-electron chi connectivity index (χ4n) is 2.83. The molecule has 2 heterocycles. The molecule has 0 amide bonds. The van der Waals surface area contributed by atoms with Crippen LogP contribution in [0.5, 0.6) is 0 Å². The van der Waals surface area contributed by atoms with Crippen molar-refractivity contribution in [3.63, 3.8) is 0 Å². The fraction of sp³-hybridized carbons (Fsp3) is 0.444. The van der Waals surface area contributed by atoms with Crippen molar-refractivity contribution in [1.82, 2.24) is 9.97 Å². The second kappa shape index (κ2) is 7.10. The van der Waals surface area contributed by atoms with Crippen LogP contribution in [0.4, 0.5) is 0 Å². The van der Waals surface area contributed by atoms with Crippen LogP contribution in [0.1, 0.15) is 38.3 Å². The van der Waals surface area contributed by atoms with E-state index in [4.69, 9.17) is 10.00 Å². The molecule has 3 rings (SSSR count). The molecule has 0 aromatic carbocycles. The summed E-state index contributed by atoms with van der Waals surface area (Å²) in [5, 5.41) is 11.8. The summed E-state index contributed by atoms with van der Waals surface area (Å²) in [4.78, 5) is 20.8. The fourth-order valence-corrected chi connectivity index (χ4v) is 3.62. The van der Waals surface area contributed by atoms with E-state index in [-0.39, 0.29) is 23.9 Å². The molecule has 24 heavy (non-hydrogen) atoms. The maximum atomic E-state index is 12.1. The Balaban J connectivity index is 1.53. The average Bonchev–Trinajstić information content (AvgIpc) is 3.06. The number of pyridine rings is 1. The van der Waals surface area contributed by atoms with Crippen molar-refractivity contribution in [3.8, 4) is 16.8 Å². The number of esters is 1. The van der Waals surface area contributed by atoms with Gasteiger partial charge in [0, 0.05) is 11.6 Å². The molecule has 0 saturated heterocycles. The number of ether oxygens (including phenoxy) is 1. The van der Waals surface area contributed by atoms with Crippen molar-refractivity contribution in [2.24, 2.45) is 5.41 Å². The van der Waals surface area contributed by atoms with Crippen LogP contribution < -0.4 is 0 Å². The highest BCUT2D eigenvalue weighted by molar-refractivity contribution is 7.13. The van der Waals surface area contributed by atoms with Crippen LogP contribution in [0.15, 0.2) is 29.8 Å². The molecular formula is C18H19N3O2S. The van der Waals surface area contributed by atoms with E-state index in [1.165, 1.54) is 11.3 Å². The Morgan fingerprint density at radius 2 is 2.25 bits per heavy atom. The maximum absolute atomic E-state index is 12.1. The van der Waals surface area contributed by atoms with Gasteiger partial charge in [0.1, 0.15) is 11.1 Å². The van der Waals surface area contributed by atoms with Crippen molar-refractivity contribution < 1.29 is 9.53 Å². The lowest BCUT2D eigenvalue weighted by molar-refractivity contribution is -0.150. The highest BCUT2D eigenvalue weighted by Gasteiger charge is 2.32. The van der Waals surface area contributed by atoms with Crippen LogP contribution in [0.2, 0.25) is 0 Å². The van der Waals surface area contributed by atoms with Crippen molar-refractivity contribution >= 4 is 17.3 Å². The lowest BCUT2D eigenvalue weighted by Gasteiger charge is -2.31. The zero-order chi connectivity index (χ0) is 17.0. The van der Waals surface area contributed by atoms with Gasteiger partial charge in [-0.05, 0) is 44.7 Å². The summed E-state index contributed by atoms with van der Waals surface area (Å²) in [7, 11) is 0. The van der Waals surface area contributed by atoms with E-state index in [0.29, 0.717) is 5.69 Å². The number of aromatic nitrogens is 2. The predicted octanol–water partition coefficient (Wildman–Crippen LogP) is 3.76. The third kappa shape index (κ3) is 3.98. The minimum absolute atomic E-state index is 0.0761. The molecule has 0 spiro atoms. The lowest BCUT2D eigenvalue weighted by atomic mass is 9.76. The molecular weight excluding hydrogens is 322 g/mol. The molecule has 2 aromatic rings. The van der Waals surface area contributed by atoms with Crippen LogP contribution in [0.25, 0.3) is 10.7 Å². The van der Waals surface area contributed by atoms with Gasteiger partial charge in [-0.25, -0.2) is 4.98 Å². The van der Waals surface area contributed by atoms with Gasteiger partial charge in [-0.15, -0.1) is 11.3 Å². The van der Waals surface area contributed by atoms with E-state index in [9.17, 15) is 4.79 Å². The SMILES string of the molecule is CC1(C#N)CCC(OC(=O)Cc2csc(-c3ccccn3)n2)CC1. The Hall–Kier alpha value is -2.26. The van der Waals surface area contributed by atoms with Gasteiger partial charge in [-0.2, -0.15) is 5.26 Å². The lowest BCUT2D eigenvalue weighted by Crippen LogP contribution is -2.29. The number of hydrogen-bond acceptors (Lipinski definition) is 6. The van der Waals surface area contributed by atoms with Gasteiger partial charge in [-0.3, -0.25) is 9.78 Å².